The third kappa shape index (κ3) is 2.99. The Morgan fingerprint density at radius 3 is 2.74 bits per heavy atom. The Balaban J connectivity index is 1.86. The van der Waals surface area contributed by atoms with Crippen LogP contribution in [-0.4, -0.2) is 30.8 Å². The zero-order chi connectivity index (χ0) is 16.6. The fraction of sp³-hybridized carbons (Fsp3) is 0.294. The van der Waals surface area contributed by atoms with Crippen LogP contribution < -0.4 is 0 Å². The maximum absolute atomic E-state index is 12.7. The first-order valence-corrected chi connectivity index (χ1v) is 8.26. The number of aryl methyl sites for hydroxylation is 3. The van der Waals surface area contributed by atoms with E-state index in [0.29, 0.717) is 0 Å². The summed E-state index contributed by atoms with van der Waals surface area (Å²) in [5.41, 5.74) is 3.83. The van der Waals surface area contributed by atoms with E-state index in [-0.39, 0.29) is 11.0 Å². The molecule has 6 heteroatoms. The molecule has 0 aliphatic rings. The van der Waals surface area contributed by atoms with E-state index in [4.69, 9.17) is 0 Å². The first kappa shape index (κ1) is 15.7. The van der Waals surface area contributed by atoms with Crippen LogP contribution in [0.1, 0.15) is 28.4 Å². The van der Waals surface area contributed by atoms with E-state index in [1.807, 2.05) is 46.0 Å². The predicted molar refractivity (Wildman–Crippen MR) is 91.9 cm³/mol. The van der Waals surface area contributed by atoms with E-state index in [1.54, 1.807) is 10.9 Å². The number of fused-ring (bicyclic) bond motifs is 1. The van der Waals surface area contributed by atoms with Gasteiger partial charge in [-0.25, -0.2) is 9.97 Å². The standard InChI is InChI=1S/C17H18N4OS/c1-10-5-6-13(7-11(10)2)15(22)12(3)23-17-14-8-20-21(4)16(14)18-9-19-17/h5-9,12H,1-4H3. The average molecular weight is 326 g/mol. The molecule has 0 fully saturated rings. The van der Waals surface area contributed by atoms with Crippen LogP contribution in [0.5, 0.6) is 0 Å². The summed E-state index contributed by atoms with van der Waals surface area (Å²) in [7, 11) is 1.84. The zero-order valence-electron chi connectivity index (χ0n) is 13.6. The van der Waals surface area contributed by atoms with Crippen LogP contribution in [0.4, 0.5) is 0 Å². The van der Waals surface area contributed by atoms with Crippen LogP contribution >= 0.6 is 11.8 Å². The second-order valence-corrected chi connectivity index (χ2v) is 6.94. The lowest BCUT2D eigenvalue weighted by Crippen LogP contribution is -2.14. The monoisotopic (exact) mass is 326 g/mol. The summed E-state index contributed by atoms with van der Waals surface area (Å²) in [4.78, 5) is 21.2. The van der Waals surface area contributed by atoms with Crippen LogP contribution in [-0.2, 0) is 7.05 Å². The van der Waals surface area contributed by atoms with Crippen LogP contribution in [0, 0.1) is 13.8 Å². The maximum atomic E-state index is 12.7. The molecule has 0 saturated carbocycles. The van der Waals surface area contributed by atoms with Gasteiger partial charge in [-0.1, -0.05) is 23.9 Å². The van der Waals surface area contributed by atoms with Gasteiger partial charge < -0.3 is 0 Å². The molecule has 2 heterocycles. The van der Waals surface area contributed by atoms with Crippen molar-refractivity contribution in [3.8, 4) is 0 Å². The summed E-state index contributed by atoms with van der Waals surface area (Å²) in [5, 5.41) is 5.64. The summed E-state index contributed by atoms with van der Waals surface area (Å²) >= 11 is 1.45. The Kier molecular flexibility index (Phi) is 4.17. The molecule has 0 amide bonds. The van der Waals surface area contributed by atoms with Crippen molar-refractivity contribution in [2.24, 2.45) is 7.05 Å². The van der Waals surface area contributed by atoms with Gasteiger partial charge in [0.05, 0.1) is 16.8 Å². The Bertz CT molecular complexity index is 887. The molecule has 5 nitrogen and oxygen atoms in total. The minimum absolute atomic E-state index is 0.105. The summed E-state index contributed by atoms with van der Waals surface area (Å²) in [6.45, 7) is 5.97. The second-order valence-electron chi connectivity index (χ2n) is 5.61. The van der Waals surface area contributed by atoms with Gasteiger partial charge in [0.1, 0.15) is 11.4 Å². The number of hydrogen-bond donors (Lipinski definition) is 0. The summed E-state index contributed by atoms with van der Waals surface area (Å²) < 4.78 is 1.71. The van der Waals surface area contributed by atoms with Gasteiger partial charge in [0.2, 0.25) is 0 Å². The number of carbonyl (C=O) groups is 1. The highest BCUT2D eigenvalue weighted by atomic mass is 32.2. The smallest absolute Gasteiger partial charge is 0.175 e. The molecule has 0 saturated heterocycles. The normalized spacial score (nSPS) is 12.5. The fourth-order valence-corrected chi connectivity index (χ4v) is 3.34. The molecule has 1 aromatic carbocycles. The van der Waals surface area contributed by atoms with Gasteiger partial charge in [-0.05, 0) is 38.0 Å². The molecule has 118 valence electrons. The zero-order valence-corrected chi connectivity index (χ0v) is 14.4. The SMILES string of the molecule is Cc1ccc(C(=O)C(C)Sc2ncnc3c2cnn3C)cc1C. The van der Waals surface area contributed by atoms with E-state index in [0.717, 1.165) is 27.2 Å². The van der Waals surface area contributed by atoms with Crippen molar-refractivity contribution < 1.29 is 4.79 Å². The highest BCUT2D eigenvalue weighted by molar-refractivity contribution is 8.00. The molecule has 23 heavy (non-hydrogen) atoms. The minimum atomic E-state index is -0.226. The van der Waals surface area contributed by atoms with E-state index in [1.165, 1.54) is 23.7 Å². The van der Waals surface area contributed by atoms with Gasteiger partial charge in [0.15, 0.2) is 11.4 Å². The predicted octanol–water partition coefficient (Wildman–Crippen LogP) is 3.34. The molecular weight excluding hydrogens is 308 g/mol. The van der Waals surface area contributed by atoms with E-state index >= 15 is 0 Å². The maximum Gasteiger partial charge on any atom is 0.175 e. The summed E-state index contributed by atoms with van der Waals surface area (Å²) in [5.74, 6) is 0.105. The van der Waals surface area contributed by atoms with Crippen molar-refractivity contribution in [3.63, 3.8) is 0 Å². The average Bonchev–Trinajstić information content (AvgIpc) is 2.92. The molecule has 2 aromatic heterocycles. The Morgan fingerprint density at radius 2 is 2.00 bits per heavy atom. The molecule has 0 N–H and O–H groups in total. The lowest BCUT2D eigenvalue weighted by atomic mass is 10.0. The first-order chi connectivity index (χ1) is 11.0. The summed E-state index contributed by atoms with van der Waals surface area (Å²) in [6, 6.07) is 5.83. The molecular formula is C17H18N4OS. The molecule has 0 spiro atoms. The quantitative estimate of drug-likeness (QED) is 0.418. The number of Topliss-reactive ketones (excluding diaryl/α,β-unsaturated/α-hetero) is 1. The van der Waals surface area contributed by atoms with Crippen molar-refractivity contribution in [1.82, 2.24) is 19.7 Å². The largest absolute Gasteiger partial charge is 0.293 e. The van der Waals surface area contributed by atoms with Crippen LogP contribution in [0.3, 0.4) is 0 Å². The third-order valence-corrected chi connectivity index (χ3v) is 5.06. The number of aromatic nitrogens is 4. The van der Waals surface area contributed by atoms with Gasteiger partial charge in [-0.2, -0.15) is 5.10 Å². The lowest BCUT2D eigenvalue weighted by molar-refractivity contribution is 0.0994. The van der Waals surface area contributed by atoms with Crippen molar-refractivity contribution in [2.45, 2.75) is 31.0 Å². The first-order valence-electron chi connectivity index (χ1n) is 7.38. The van der Waals surface area contributed by atoms with Gasteiger partial charge in [0.25, 0.3) is 0 Å². The number of ketones is 1. The number of hydrogen-bond acceptors (Lipinski definition) is 5. The number of benzene rings is 1. The lowest BCUT2D eigenvalue weighted by Gasteiger charge is -2.11. The Labute approximate surface area is 139 Å². The third-order valence-electron chi connectivity index (χ3n) is 3.94. The van der Waals surface area contributed by atoms with Crippen LogP contribution in [0.15, 0.2) is 35.7 Å². The highest BCUT2D eigenvalue weighted by Crippen LogP contribution is 2.29. The minimum Gasteiger partial charge on any atom is -0.293 e. The topological polar surface area (TPSA) is 60.7 Å². The molecule has 0 aliphatic heterocycles. The van der Waals surface area contributed by atoms with E-state index < -0.39 is 0 Å². The van der Waals surface area contributed by atoms with Gasteiger partial charge >= 0.3 is 0 Å². The van der Waals surface area contributed by atoms with Crippen molar-refractivity contribution in [2.75, 3.05) is 0 Å². The molecule has 0 aliphatic carbocycles. The fourth-order valence-electron chi connectivity index (χ4n) is 2.38. The van der Waals surface area contributed by atoms with Gasteiger partial charge in [-0.15, -0.1) is 0 Å². The Morgan fingerprint density at radius 1 is 1.22 bits per heavy atom. The molecule has 3 aromatic rings. The highest BCUT2D eigenvalue weighted by Gasteiger charge is 2.19. The molecule has 0 bridgehead atoms. The van der Waals surface area contributed by atoms with Gasteiger partial charge in [0, 0.05) is 12.6 Å². The Hall–Kier alpha value is -2.21. The molecule has 1 unspecified atom stereocenters. The molecule has 1 atom stereocenters. The summed E-state index contributed by atoms with van der Waals surface area (Å²) in [6.07, 6.45) is 3.25. The van der Waals surface area contributed by atoms with E-state index in [9.17, 15) is 4.79 Å². The van der Waals surface area contributed by atoms with Crippen LogP contribution in [0.25, 0.3) is 11.0 Å². The van der Waals surface area contributed by atoms with Crippen molar-refractivity contribution >= 4 is 28.6 Å². The van der Waals surface area contributed by atoms with Gasteiger partial charge in [-0.3, -0.25) is 9.48 Å². The van der Waals surface area contributed by atoms with Crippen molar-refractivity contribution in [1.29, 1.82) is 0 Å². The molecule has 3 rings (SSSR count). The van der Waals surface area contributed by atoms with Crippen LogP contribution in [0.2, 0.25) is 0 Å². The number of nitrogens with zero attached hydrogens (tertiary/aromatic N) is 4. The number of rotatable bonds is 4. The number of carbonyl (C=O) groups excluding carboxylic acids is 1. The van der Waals surface area contributed by atoms with E-state index in [2.05, 4.69) is 15.1 Å². The molecule has 0 radical (unpaired) electrons. The second kappa shape index (κ2) is 6.12. The number of thioether (sulfide) groups is 1. The van der Waals surface area contributed by atoms with Crippen molar-refractivity contribution in [3.05, 3.63) is 47.4 Å².